The number of benzene rings is 4. The molecule has 4 aromatic carbocycles. The summed E-state index contributed by atoms with van der Waals surface area (Å²) in [5.41, 5.74) is 1.09. The van der Waals surface area contributed by atoms with E-state index in [1.807, 2.05) is 12.1 Å². The molecule has 0 saturated carbocycles. The number of anilines is 1. The van der Waals surface area contributed by atoms with Gasteiger partial charge >= 0.3 is 0 Å². The van der Waals surface area contributed by atoms with E-state index in [4.69, 9.17) is 0 Å². The molecule has 31 heavy (non-hydrogen) atoms. The van der Waals surface area contributed by atoms with Gasteiger partial charge in [0.2, 0.25) is 0 Å². The summed E-state index contributed by atoms with van der Waals surface area (Å²) in [6.45, 7) is 0. The molecule has 4 aromatic rings. The van der Waals surface area contributed by atoms with Gasteiger partial charge in [-0.3, -0.25) is 14.9 Å². The molecule has 0 fully saturated rings. The van der Waals surface area contributed by atoms with Crippen LogP contribution in [0.3, 0.4) is 0 Å². The standard InChI is InChI=1S/C23H16N4O4/c28-22-20(23(29)24-16-7-2-1-3-8-16)14-15-6-4-5-9-19(15)21(22)26-25-17-10-12-18(13-11-17)27(30)31/h1-14,28H,(H,24,29)/b26-25+. The maximum Gasteiger partial charge on any atom is 0.269 e. The molecule has 1 amide bonds. The first-order chi connectivity index (χ1) is 15.0. The maximum absolute atomic E-state index is 12.8. The molecule has 0 aliphatic carbocycles. The van der Waals surface area contributed by atoms with Crippen molar-refractivity contribution in [3.8, 4) is 5.75 Å². The number of nitro groups is 1. The zero-order valence-corrected chi connectivity index (χ0v) is 16.1. The smallest absolute Gasteiger partial charge is 0.269 e. The van der Waals surface area contributed by atoms with Crippen LogP contribution in [0.1, 0.15) is 10.4 Å². The van der Waals surface area contributed by atoms with E-state index >= 15 is 0 Å². The topological polar surface area (TPSA) is 117 Å². The molecule has 0 bridgehead atoms. The Bertz CT molecular complexity index is 1300. The molecular formula is C23H16N4O4. The number of phenols is 1. The van der Waals surface area contributed by atoms with Crippen LogP contribution >= 0.6 is 0 Å². The number of amides is 1. The molecule has 0 atom stereocenters. The van der Waals surface area contributed by atoms with E-state index in [0.29, 0.717) is 22.1 Å². The fraction of sp³-hybridized carbons (Fsp3) is 0. The highest BCUT2D eigenvalue weighted by atomic mass is 16.6. The quantitative estimate of drug-likeness (QED) is 0.233. The van der Waals surface area contributed by atoms with E-state index in [-0.39, 0.29) is 22.7 Å². The zero-order chi connectivity index (χ0) is 21.8. The Labute approximate surface area is 176 Å². The van der Waals surface area contributed by atoms with Crippen LogP contribution in [-0.2, 0) is 0 Å². The van der Waals surface area contributed by atoms with Crippen LogP contribution in [-0.4, -0.2) is 15.9 Å². The predicted molar refractivity (Wildman–Crippen MR) is 117 cm³/mol. The second-order valence-electron chi connectivity index (χ2n) is 6.64. The number of non-ortho nitro benzene ring substituents is 1. The fourth-order valence-corrected chi connectivity index (χ4v) is 3.06. The third kappa shape index (κ3) is 4.23. The number of fused-ring (bicyclic) bond motifs is 1. The Hall–Kier alpha value is -4.59. The van der Waals surface area contributed by atoms with Gasteiger partial charge in [-0.25, -0.2) is 0 Å². The highest BCUT2D eigenvalue weighted by Gasteiger charge is 2.18. The zero-order valence-electron chi connectivity index (χ0n) is 16.1. The average Bonchev–Trinajstić information content (AvgIpc) is 2.79. The highest BCUT2D eigenvalue weighted by Crippen LogP contribution is 2.39. The minimum Gasteiger partial charge on any atom is -0.505 e. The third-order valence-electron chi connectivity index (χ3n) is 4.60. The van der Waals surface area contributed by atoms with Gasteiger partial charge in [-0.15, -0.1) is 5.11 Å². The molecule has 0 aliphatic heterocycles. The lowest BCUT2D eigenvalue weighted by molar-refractivity contribution is -0.384. The monoisotopic (exact) mass is 412 g/mol. The van der Waals surface area contributed by atoms with Gasteiger partial charge in [-0.1, -0.05) is 42.5 Å². The van der Waals surface area contributed by atoms with Crippen LogP contribution in [0.2, 0.25) is 0 Å². The summed E-state index contributed by atoms with van der Waals surface area (Å²) in [5.74, 6) is -0.793. The fourth-order valence-electron chi connectivity index (χ4n) is 3.06. The van der Waals surface area contributed by atoms with Crippen LogP contribution < -0.4 is 5.32 Å². The number of aromatic hydroxyl groups is 1. The molecular weight excluding hydrogens is 396 g/mol. The van der Waals surface area contributed by atoms with Crippen LogP contribution in [0.5, 0.6) is 5.75 Å². The lowest BCUT2D eigenvalue weighted by atomic mass is 10.0. The van der Waals surface area contributed by atoms with Gasteiger partial charge in [0.15, 0.2) is 5.75 Å². The van der Waals surface area contributed by atoms with Crippen molar-refractivity contribution in [2.24, 2.45) is 10.2 Å². The first kappa shape index (κ1) is 19.7. The van der Waals surface area contributed by atoms with E-state index in [1.54, 1.807) is 48.5 Å². The molecule has 0 spiro atoms. The van der Waals surface area contributed by atoms with Gasteiger partial charge < -0.3 is 10.4 Å². The predicted octanol–water partition coefficient (Wildman–Crippen LogP) is 6.12. The molecule has 0 radical (unpaired) electrons. The van der Waals surface area contributed by atoms with Crippen LogP contribution in [0, 0.1) is 10.1 Å². The summed E-state index contributed by atoms with van der Waals surface area (Å²) < 4.78 is 0. The Kier molecular flexibility index (Phi) is 5.35. The normalized spacial score (nSPS) is 11.0. The number of nitrogens with one attached hydrogen (secondary N) is 1. The Morgan fingerprint density at radius 1 is 0.903 bits per heavy atom. The summed E-state index contributed by atoms with van der Waals surface area (Å²) in [6.07, 6.45) is 0. The number of carbonyl (C=O) groups is 1. The summed E-state index contributed by atoms with van der Waals surface area (Å²) in [6, 6.07) is 23.2. The Morgan fingerprint density at radius 3 is 2.29 bits per heavy atom. The third-order valence-corrected chi connectivity index (χ3v) is 4.60. The molecule has 152 valence electrons. The van der Waals surface area contributed by atoms with Crippen LogP contribution in [0.15, 0.2) is 95.2 Å². The molecule has 8 heteroatoms. The maximum atomic E-state index is 12.8. The molecule has 0 unspecified atom stereocenters. The van der Waals surface area contributed by atoms with Gasteiger partial charge in [0.1, 0.15) is 5.69 Å². The van der Waals surface area contributed by atoms with Crippen LogP contribution in [0.25, 0.3) is 10.8 Å². The summed E-state index contributed by atoms with van der Waals surface area (Å²) in [5, 5.41) is 33.9. The number of rotatable bonds is 5. The number of hydrogen-bond acceptors (Lipinski definition) is 6. The minimum absolute atomic E-state index is 0.0557. The molecule has 4 rings (SSSR count). The van der Waals surface area contributed by atoms with Gasteiger partial charge in [-0.05, 0) is 35.7 Å². The van der Waals surface area contributed by atoms with Crippen molar-refractivity contribution >= 4 is 39.4 Å². The summed E-state index contributed by atoms with van der Waals surface area (Å²) in [4.78, 5) is 23.1. The van der Waals surface area contributed by atoms with Crippen molar-refractivity contribution in [2.75, 3.05) is 5.32 Å². The number of azo groups is 1. The second-order valence-corrected chi connectivity index (χ2v) is 6.64. The van der Waals surface area contributed by atoms with E-state index in [0.717, 1.165) is 0 Å². The Balaban J connectivity index is 1.74. The average molecular weight is 412 g/mol. The minimum atomic E-state index is -0.505. The molecule has 0 aliphatic rings. The van der Waals surface area contributed by atoms with Gasteiger partial charge in [0, 0.05) is 23.2 Å². The van der Waals surface area contributed by atoms with Crippen molar-refractivity contribution in [1.29, 1.82) is 0 Å². The van der Waals surface area contributed by atoms with Crippen molar-refractivity contribution in [3.63, 3.8) is 0 Å². The lowest BCUT2D eigenvalue weighted by Gasteiger charge is -2.11. The number of hydrogen-bond donors (Lipinski definition) is 2. The lowest BCUT2D eigenvalue weighted by Crippen LogP contribution is -2.12. The van der Waals surface area contributed by atoms with Crippen molar-refractivity contribution in [1.82, 2.24) is 0 Å². The first-order valence-electron chi connectivity index (χ1n) is 9.30. The van der Waals surface area contributed by atoms with Crippen molar-refractivity contribution in [3.05, 3.63) is 101 Å². The first-order valence-corrected chi connectivity index (χ1v) is 9.30. The van der Waals surface area contributed by atoms with Gasteiger partial charge in [-0.2, -0.15) is 5.11 Å². The molecule has 8 nitrogen and oxygen atoms in total. The van der Waals surface area contributed by atoms with E-state index in [9.17, 15) is 20.0 Å². The van der Waals surface area contributed by atoms with E-state index in [2.05, 4.69) is 15.5 Å². The summed E-state index contributed by atoms with van der Waals surface area (Å²) in [7, 11) is 0. The number of phenolic OH excluding ortho intramolecular Hbond substituents is 1. The number of para-hydroxylation sites is 1. The number of carbonyl (C=O) groups excluding carboxylic acids is 1. The number of nitro benzene ring substituents is 1. The SMILES string of the molecule is O=C(Nc1ccccc1)c1cc2ccccc2c(/N=N/c2ccc([N+](=O)[O-])cc2)c1O. The number of nitrogens with zero attached hydrogens (tertiary/aromatic N) is 3. The van der Waals surface area contributed by atoms with Crippen LogP contribution in [0.4, 0.5) is 22.7 Å². The van der Waals surface area contributed by atoms with E-state index < -0.39 is 10.8 Å². The Morgan fingerprint density at radius 2 is 1.58 bits per heavy atom. The van der Waals surface area contributed by atoms with Gasteiger partial charge in [0.05, 0.1) is 16.2 Å². The molecule has 0 saturated heterocycles. The van der Waals surface area contributed by atoms with E-state index in [1.165, 1.54) is 24.3 Å². The van der Waals surface area contributed by atoms with Crippen molar-refractivity contribution < 1.29 is 14.8 Å². The summed E-state index contributed by atoms with van der Waals surface area (Å²) >= 11 is 0. The highest BCUT2D eigenvalue weighted by molar-refractivity contribution is 6.11. The molecule has 0 heterocycles. The molecule has 2 N–H and O–H groups in total. The molecule has 0 aromatic heterocycles. The van der Waals surface area contributed by atoms with Gasteiger partial charge in [0.25, 0.3) is 11.6 Å². The second kappa shape index (κ2) is 8.42. The largest absolute Gasteiger partial charge is 0.505 e. The van der Waals surface area contributed by atoms with Crippen molar-refractivity contribution in [2.45, 2.75) is 0 Å².